The van der Waals surface area contributed by atoms with Crippen LogP contribution in [0.4, 0.5) is 0 Å². The van der Waals surface area contributed by atoms with Crippen LogP contribution in [0.5, 0.6) is 11.5 Å². The Balaban J connectivity index is 2.60. The number of hydrogen-bond donors (Lipinski definition) is 0. The summed E-state index contributed by atoms with van der Waals surface area (Å²) in [6, 6.07) is 14.6. The summed E-state index contributed by atoms with van der Waals surface area (Å²) in [7, 11) is 3.65. The maximum atomic E-state index is 12.8. The molecule has 0 aliphatic carbocycles. The lowest BCUT2D eigenvalue weighted by molar-refractivity contribution is -0.142. The zero-order valence-corrected chi connectivity index (χ0v) is 15.1. The van der Waals surface area contributed by atoms with Gasteiger partial charge in [0.25, 0.3) is 0 Å². The highest BCUT2D eigenvalue weighted by molar-refractivity contribution is 6.32. The minimum absolute atomic E-state index is 0.0867. The molecule has 0 heterocycles. The van der Waals surface area contributed by atoms with Crippen molar-refractivity contribution in [1.29, 1.82) is 0 Å². The molecule has 0 saturated heterocycles. The molecular weight excluding hydrogens is 352 g/mol. The molecule has 0 radical (unpaired) electrons. The molecule has 0 aliphatic heterocycles. The van der Waals surface area contributed by atoms with Gasteiger partial charge in [-0.15, -0.1) is 0 Å². The summed E-state index contributed by atoms with van der Waals surface area (Å²) in [6.45, 7) is 0. The smallest absolute Gasteiger partial charge is 0.352 e. The Hall–Kier alpha value is -3.61. The third-order valence-corrected chi connectivity index (χ3v) is 3.57. The van der Waals surface area contributed by atoms with E-state index in [1.165, 1.54) is 13.2 Å². The Kier molecular flexibility index (Phi) is 6.71. The summed E-state index contributed by atoms with van der Waals surface area (Å²) in [4.78, 5) is 37.4. The second-order valence-corrected chi connectivity index (χ2v) is 5.14. The van der Waals surface area contributed by atoms with E-state index in [4.69, 9.17) is 14.2 Å². The third-order valence-electron chi connectivity index (χ3n) is 3.57. The Morgan fingerprint density at radius 3 is 1.78 bits per heavy atom. The van der Waals surface area contributed by atoms with Gasteiger partial charge in [-0.05, 0) is 17.7 Å². The average Bonchev–Trinajstić information content (AvgIpc) is 2.71. The lowest BCUT2D eigenvalue weighted by Gasteiger charge is -2.13. The van der Waals surface area contributed by atoms with Crippen molar-refractivity contribution in [3.8, 4) is 11.5 Å². The number of benzene rings is 2. The fraction of sp³-hybridized carbons (Fsp3) is 0.150. The molecule has 140 valence electrons. The molecule has 7 nitrogen and oxygen atoms in total. The molecule has 7 heteroatoms. The van der Waals surface area contributed by atoms with E-state index in [1.807, 2.05) is 0 Å². The van der Waals surface area contributed by atoms with Gasteiger partial charge in [0.2, 0.25) is 0 Å². The molecule has 0 aromatic heterocycles. The van der Waals surface area contributed by atoms with Gasteiger partial charge in [-0.25, -0.2) is 14.4 Å². The second kappa shape index (κ2) is 9.19. The topological polar surface area (TPSA) is 88.1 Å². The van der Waals surface area contributed by atoms with Gasteiger partial charge in [-0.2, -0.15) is 0 Å². The number of carbonyl (C=O) groups is 3. The number of para-hydroxylation sites is 2. The van der Waals surface area contributed by atoms with E-state index < -0.39 is 23.5 Å². The molecule has 2 aromatic carbocycles. The van der Waals surface area contributed by atoms with Gasteiger partial charge >= 0.3 is 17.9 Å². The first-order valence-electron chi connectivity index (χ1n) is 7.85. The lowest BCUT2D eigenvalue weighted by Crippen LogP contribution is -2.24. The van der Waals surface area contributed by atoms with Crippen LogP contribution in [-0.4, -0.2) is 39.2 Å². The van der Waals surface area contributed by atoms with Crippen molar-refractivity contribution < 1.29 is 33.3 Å². The summed E-state index contributed by atoms with van der Waals surface area (Å²) >= 11 is 0. The van der Waals surface area contributed by atoms with Crippen molar-refractivity contribution in [2.75, 3.05) is 21.3 Å². The molecule has 0 atom stereocenters. The van der Waals surface area contributed by atoms with Gasteiger partial charge < -0.3 is 18.9 Å². The quantitative estimate of drug-likeness (QED) is 0.254. The molecule has 0 unspecified atom stereocenters. The van der Waals surface area contributed by atoms with Crippen LogP contribution in [0.25, 0.3) is 5.57 Å². The van der Waals surface area contributed by atoms with E-state index in [1.54, 1.807) is 48.5 Å². The van der Waals surface area contributed by atoms with Gasteiger partial charge in [0.05, 0.1) is 26.9 Å². The number of methoxy groups -OCH3 is 3. The minimum atomic E-state index is -1.07. The summed E-state index contributed by atoms with van der Waals surface area (Å²) in [5.74, 6) is -2.61. The number of carbonyl (C=O) groups excluding carboxylic acids is 3. The maximum absolute atomic E-state index is 12.8. The van der Waals surface area contributed by atoms with Crippen molar-refractivity contribution in [2.24, 2.45) is 0 Å². The first-order chi connectivity index (χ1) is 13.0. The predicted molar refractivity (Wildman–Crippen MR) is 96.0 cm³/mol. The third kappa shape index (κ3) is 4.52. The van der Waals surface area contributed by atoms with Crippen LogP contribution in [0, 0.1) is 0 Å². The zero-order valence-electron chi connectivity index (χ0n) is 15.1. The van der Waals surface area contributed by atoms with Crippen LogP contribution in [0.2, 0.25) is 0 Å². The van der Waals surface area contributed by atoms with Crippen LogP contribution >= 0.6 is 0 Å². The highest BCUT2D eigenvalue weighted by Gasteiger charge is 2.31. The molecule has 2 aromatic rings. The van der Waals surface area contributed by atoms with Crippen molar-refractivity contribution in [1.82, 2.24) is 0 Å². The van der Waals surface area contributed by atoms with Crippen molar-refractivity contribution in [2.45, 2.75) is 0 Å². The molecule has 0 N–H and O–H groups in total. The summed E-state index contributed by atoms with van der Waals surface area (Å²) in [5, 5.41) is 0. The van der Waals surface area contributed by atoms with Crippen molar-refractivity contribution >= 4 is 23.5 Å². The first-order valence-corrected chi connectivity index (χ1v) is 7.85. The second-order valence-electron chi connectivity index (χ2n) is 5.14. The monoisotopic (exact) mass is 370 g/mol. The van der Waals surface area contributed by atoms with E-state index in [2.05, 4.69) is 4.74 Å². The molecule has 0 amide bonds. The van der Waals surface area contributed by atoms with E-state index in [0.717, 1.165) is 14.2 Å². The molecule has 0 fully saturated rings. The van der Waals surface area contributed by atoms with Crippen LogP contribution in [0.3, 0.4) is 0 Å². The first kappa shape index (κ1) is 19.7. The van der Waals surface area contributed by atoms with Gasteiger partial charge in [-0.1, -0.05) is 42.5 Å². The van der Waals surface area contributed by atoms with Crippen LogP contribution in [0.15, 0.2) is 60.2 Å². The Morgan fingerprint density at radius 1 is 0.667 bits per heavy atom. The van der Waals surface area contributed by atoms with E-state index in [9.17, 15) is 14.4 Å². The minimum Gasteiger partial charge on any atom is -0.493 e. The molecule has 0 spiro atoms. The average molecular weight is 370 g/mol. The Morgan fingerprint density at radius 2 is 1.22 bits per heavy atom. The number of esters is 3. The Labute approximate surface area is 156 Å². The van der Waals surface area contributed by atoms with Crippen LogP contribution < -0.4 is 9.47 Å². The molecular formula is C20H18O7. The molecule has 2 rings (SSSR count). The van der Waals surface area contributed by atoms with Gasteiger partial charge in [0, 0.05) is 0 Å². The normalized spacial score (nSPS) is 11.1. The maximum Gasteiger partial charge on any atom is 0.352 e. The summed E-state index contributed by atoms with van der Waals surface area (Å²) in [5.41, 5.74) is -0.534. The summed E-state index contributed by atoms with van der Waals surface area (Å²) < 4.78 is 19.9. The van der Waals surface area contributed by atoms with E-state index >= 15 is 0 Å². The lowest BCUT2D eigenvalue weighted by atomic mass is 9.99. The molecule has 27 heavy (non-hydrogen) atoms. The molecule has 0 aliphatic rings. The number of hydrogen-bond acceptors (Lipinski definition) is 7. The van der Waals surface area contributed by atoms with Crippen molar-refractivity contribution in [3.63, 3.8) is 0 Å². The number of ether oxygens (including phenoxy) is 4. The SMILES string of the molecule is COC(=O)/C(C(=O)Oc1ccccc1OC)=C(/C(=O)OC)c1ccccc1. The largest absolute Gasteiger partial charge is 0.493 e. The van der Waals surface area contributed by atoms with E-state index in [0.29, 0.717) is 5.56 Å². The summed E-state index contributed by atoms with van der Waals surface area (Å²) in [6.07, 6.45) is 0. The van der Waals surface area contributed by atoms with Crippen LogP contribution in [-0.2, 0) is 23.9 Å². The van der Waals surface area contributed by atoms with Gasteiger partial charge in [0.15, 0.2) is 17.1 Å². The van der Waals surface area contributed by atoms with Gasteiger partial charge in [-0.3, -0.25) is 0 Å². The zero-order chi connectivity index (χ0) is 19.8. The highest BCUT2D eigenvalue weighted by Crippen LogP contribution is 2.28. The van der Waals surface area contributed by atoms with Gasteiger partial charge in [0.1, 0.15) is 0 Å². The fourth-order valence-corrected chi connectivity index (χ4v) is 2.31. The molecule has 0 saturated carbocycles. The van der Waals surface area contributed by atoms with E-state index in [-0.39, 0.29) is 17.1 Å². The van der Waals surface area contributed by atoms with Crippen molar-refractivity contribution in [3.05, 3.63) is 65.7 Å². The molecule has 0 bridgehead atoms. The Bertz CT molecular complexity index is 869. The standard InChI is InChI=1S/C20H18O7/c1-24-14-11-7-8-12-15(14)27-20(23)17(19(22)26-3)16(18(21)25-2)13-9-5-4-6-10-13/h4-12H,1-3H3/b17-16-. The fourth-order valence-electron chi connectivity index (χ4n) is 2.31. The predicted octanol–water partition coefficient (Wildman–Crippen LogP) is 2.40. The highest BCUT2D eigenvalue weighted by atomic mass is 16.6. The number of rotatable bonds is 6. The van der Waals surface area contributed by atoms with Crippen LogP contribution in [0.1, 0.15) is 5.56 Å².